The van der Waals surface area contributed by atoms with Crippen LogP contribution >= 0.6 is 12.2 Å². The maximum absolute atomic E-state index is 13.2. The summed E-state index contributed by atoms with van der Waals surface area (Å²) in [5.74, 6) is -4.71. The lowest BCUT2D eigenvalue weighted by Gasteiger charge is -2.17. The summed E-state index contributed by atoms with van der Waals surface area (Å²) in [4.78, 5) is 37.8. The number of aromatic nitrogens is 1. The van der Waals surface area contributed by atoms with E-state index in [1.807, 2.05) is 29.0 Å². The third-order valence-electron chi connectivity index (χ3n) is 5.39. The third-order valence-corrected chi connectivity index (χ3v) is 7.23. The molecule has 3 rings (SSSR count). The van der Waals surface area contributed by atoms with Crippen molar-refractivity contribution >= 4 is 62.0 Å². The van der Waals surface area contributed by atoms with Crippen molar-refractivity contribution < 1.29 is 45.4 Å². The Labute approximate surface area is 237 Å². The number of ether oxygens (including phenoxy) is 2. The lowest BCUT2D eigenvalue weighted by Crippen LogP contribution is -2.39. The van der Waals surface area contributed by atoms with Crippen LogP contribution in [-0.2, 0) is 35.6 Å². The number of carbonyl (C=O) groups excluding carboxylic acids is 3. The van der Waals surface area contributed by atoms with E-state index in [0.29, 0.717) is 12.1 Å². The van der Waals surface area contributed by atoms with Crippen LogP contribution in [0.15, 0.2) is 59.8 Å². The van der Waals surface area contributed by atoms with Crippen molar-refractivity contribution in [3.05, 3.63) is 60.4 Å². The van der Waals surface area contributed by atoms with Gasteiger partial charge in [-0.15, -0.1) is 0 Å². The predicted octanol–water partition coefficient (Wildman–Crippen LogP) is 2.64. The fourth-order valence-corrected chi connectivity index (χ4v) is 4.94. The highest BCUT2D eigenvalue weighted by atomic mass is 32.2. The van der Waals surface area contributed by atoms with Gasteiger partial charge in [-0.05, 0) is 35.3 Å². The second kappa shape index (κ2) is 13.5. The Morgan fingerprint density at radius 3 is 2.56 bits per heavy atom. The van der Waals surface area contributed by atoms with Crippen molar-refractivity contribution in [3.63, 3.8) is 0 Å². The molecule has 0 saturated heterocycles. The van der Waals surface area contributed by atoms with Gasteiger partial charge in [-0.1, -0.05) is 24.3 Å². The Morgan fingerprint density at radius 2 is 1.88 bits per heavy atom. The molecule has 0 aliphatic rings. The fourth-order valence-electron chi connectivity index (χ4n) is 3.53. The van der Waals surface area contributed by atoms with Crippen LogP contribution in [0.4, 0.5) is 18.9 Å². The van der Waals surface area contributed by atoms with E-state index in [9.17, 15) is 36.0 Å². The standard InChI is InChI=1S/C25H23F3N4O7S2/c1-29-24(40)31-17-6-7-21(41(36,37)32-18(14-33)11-22(34)39-23(35)25(26,27)28)20(10-17)38-9-8-16-13-30-12-15-4-2-3-5-19(15)16/h2-7,10,12-14,18,32H,8-9,11H2,1H3,(H2,29,31,40). The normalized spacial score (nSPS) is 12.3. The van der Waals surface area contributed by atoms with Gasteiger partial charge in [-0.2, -0.15) is 13.2 Å². The van der Waals surface area contributed by atoms with Crippen LogP contribution in [0.25, 0.3) is 10.8 Å². The quantitative estimate of drug-likeness (QED) is 0.127. The molecule has 1 unspecified atom stereocenters. The summed E-state index contributed by atoms with van der Waals surface area (Å²) in [5.41, 5.74) is 1.19. The minimum atomic E-state index is -5.45. The van der Waals surface area contributed by atoms with E-state index in [-0.39, 0.29) is 23.8 Å². The van der Waals surface area contributed by atoms with Gasteiger partial charge in [0.15, 0.2) is 5.11 Å². The molecule has 1 atom stereocenters. The highest BCUT2D eigenvalue weighted by molar-refractivity contribution is 7.89. The molecule has 0 bridgehead atoms. The summed E-state index contributed by atoms with van der Waals surface area (Å²) in [5, 5.41) is 7.58. The van der Waals surface area contributed by atoms with Crippen molar-refractivity contribution in [2.24, 2.45) is 0 Å². The number of rotatable bonds is 11. The Kier molecular flexibility index (Phi) is 10.3. The number of nitrogens with zero attached hydrogens (tertiary/aromatic N) is 1. The molecule has 0 aliphatic heterocycles. The second-order valence-electron chi connectivity index (χ2n) is 8.31. The molecule has 0 radical (unpaired) electrons. The number of pyridine rings is 1. The number of nitrogens with one attached hydrogen (secondary N) is 3. The molecule has 3 N–H and O–H groups in total. The first-order valence-corrected chi connectivity index (χ1v) is 13.6. The number of benzene rings is 2. The molecule has 218 valence electrons. The van der Waals surface area contributed by atoms with Crippen molar-refractivity contribution in [1.29, 1.82) is 0 Å². The third kappa shape index (κ3) is 8.67. The number of hydrogen-bond acceptors (Lipinski definition) is 9. The Balaban J connectivity index is 1.82. The summed E-state index contributed by atoms with van der Waals surface area (Å²) in [7, 11) is -3.03. The van der Waals surface area contributed by atoms with E-state index < -0.39 is 45.5 Å². The number of aldehydes is 1. The van der Waals surface area contributed by atoms with Gasteiger partial charge in [0.1, 0.15) is 16.9 Å². The Hall–Kier alpha value is -4.15. The highest BCUT2D eigenvalue weighted by Gasteiger charge is 2.42. The van der Waals surface area contributed by atoms with Gasteiger partial charge in [0.05, 0.1) is 19.1 Å². The van der Waals surface area contributed by atoms with E-state index in [0.717, 1.165) is 22.4 Å². The predicted molar refractivity (Wildman–Crippen MR) is 145 cm³/mol. The molecular formula is C25H23F3N4O7S2. The summed E-state index contributed by atoms with van der Waals surface area (Å²) in [6.45, 7) is 0.00112. The molecule has 0 saturated carbocycles. The first-order valence-electron chi connectivity index (χ1n) is 11.7. The fraction of sp³-hybridized carbons (Fsp3) is 0.240. The molecule has 1 aromatic heterocycles. The molecule has 11 nitrogen and oxygen atoms in total. The van der Waals surface area contributed by atoms with Crippen molar-refractivity contribution in [2.75, 3.05) is 19.0 Å². The SMILES string of the molecule is CNC(=S)Nc1ccc(S(=O)(=O)NC(C=O)CC(=O)OC(=O)C(F)(F)F)c(OCCc2cncc3ccccc23)c1. The van der Waals surface area contributed by atoms with Crippen molar-refractivity contribution in [1.82, 2.24) is 15.0 Å². The average molecular weight is 613 g/mol. The molecule has 1 heterocycles. The number of hydrogen-bond donors (Lipinski definition) is 3. The summed E-state index contributed by atoms with van der Waals surface area (Å²) < 4.78 is 74.7. The molecule has 41 heavy (non-hydrogen) atoms. The number of sulfonamides is 1. The maximum atomic E-state index is 13.2. The Morgan fingerprint density at radius 1 is 1.15 bits per heavy atom. The minimum Gasteiger partial charge on any atom is -0.492 e. The highest BCUT2D eigenvalue weighted by Crippen LogP contribution is 2.29. The Bertz CT molecular complexity index is 1560. The number of halogens is 3. The van der Waals surface area contributed by atoms with Crippen LogP contribution in [0.2, 0.25) is 0 Å². The van der Waals surface area contributed by atoms with Gasteiger partial charge >= 0.3 is 18.1 Å². The molecule has 0 amide bonds. The number of thiocarbonyl (C=S) groups is 1. The first-order chi connectivity index (χ1) is 19.3. The number of alkyl halides is 3. The monoisotopic (exact) mass is 612 g/mol. The van der Waals surface area contributed by atoms with E-state index in [1.165, 1.54) is 12.1 Å². The number of esters is 2. The minimum absolute atomic E-state index is 0.00112. The number of carbonyl (C=O) groups is 3. The van der Waals surface area contributed by atoms with Crippen molar-refractivity contribution in [2.45, 2.75) is 30.0 Å². The molecule has 0 aliphatic carbocycles. The molecule has 0 spiro atoms. The smallest absolute Gasteiger partial charge is 0.491 e. The summed E-state index contributed by atoms with van der Waals surface area (Å²) in [6.07, 6.45) is -2.95. The average Bonchev–Trinajstić information content (AvgIpc) is 2.92. The van der Waals surface area contributed by atoms with Crippen LogP contribution in [0.3, 0.4) is 0 Å². The molecule has 16 heteroatoms. The second-order valence-corrected chi connectivity index (χ2v) is 10.4. The van der Waals surface area contributed by atoms with Crippen LogP contribution < -0.4 is 20.1 Å². The van der Waals surface area contributed by atoms with Gasteiger partial charge in [-0.25, -0.2) is 17.9 Å². The first kappa shape index (κ1) is 31.4. The van der Waals surface area contributed by atoms with Crippen LogP contribution in [0.1, 0.15) is 12.0 Å². The largest absolute Gasteiger partial charge is 0.492 e. The van der Waals surface area contributed by atoms with Crippen LogP contribution in [0, 0.1) is 0 Å². The summed E-state index contributed by atoms with van der Waals surface area (Å²) in [6, 6.07) is 9.51. The lowest BCUT2D eigenvalue weighted by molar-refractivity contribution is -0.202. The van der Waals surface area contributed by atoms with Crippen LogP contribution in [-0.4, -0.2) is 62.6 Å². The summed E-state index contributed by atoms with van der Waals surface area (Å²) >= 11 is 5.07. The molecule has 3 aromatic rings. The number of fused-ring (bicyclic) bond motifs is 1. The molecule has 2 aromatic carbocycles. The van der Waals surface area contributed by atoms with Gasteiger partial charge < -0.3 is 24.9 Å². The maximum Gasteiger partial charge on any atom is 0.491 e. The van der Waals surface area contributed by atoms with Gasteiger partial charge in [0.25, 0.3) is 0 Å². The van der Waals surface area contributed by atoms with E-state index in [2.05, 4.69) is 20.4 Å². The van der Waals surface area contributed by atoms with Crippen LogP contribution in [0.5, 0.6) is 5.75 Å². The molecular weight excluding hydrogens is 589 g/mol. The van der Waals surface area contributed by atoms with E-state index >= 15 is 0 Å². The number of anilines is 1. The lowest BCUT2D eigenvalue weighted by atomic mass is 10.1. The topological polar surface area (TPSA) is 153 Å². The molecule has 0 fully saturated rings. The van der Waals surface area contributed by atoms with E-state index in [1.54, 1.807) is 19.4 Å². The van der Waals surface area contributed by atoms with E-state index in [4.69, 9.17) is 17.0 Å². The zero-order chi connectivity index (χ0) is 30.2. The van der Waals surface area contributed by atoms with Gasteiger partial charge in [0.2, 0.25) is 10.0 Å². The van der Waals surface area contributed by atoms with Crippen molar-refractivity contribution in [3.8, 4) is 5.75 Å². The zero-order valence-electron chi connectivity index (χ0n) is 21.2. The van der Waals surface area contributed by atoms with Gasteiger partial charge in [-0.3, -0.25) is 9.78 Å². The zero-order valence-corrected chi connectivity index (χ0v) is 22.9. The van der Waals surface area contributed by atoms with Gasteiger partial charge in [0, 0.05) is 43.0 Å².